The molecule has 2 rings (SSSR count). The van der Waals surface area contributed by atoms with Crippen LogP contribution in [0.3, 0.4) is 0 Å². The third-order valence-corrected chi connectivity index (χ3v) is 3.00. The molecule has 1 aromatic heterocycles. The molecule has 0 aliphatic rings. The van der Waals surface area contributed by atoms with E-state index in [0.29, 0.717) is 5.56 Å². The van der Waals surface area contributed by atoms with E-state index in [1.54, 1.807) is 30.7 Å². The van der Waals surface area contributed by atoms with Crippen molar-refractivity contribution in [3.8, 4) is 0 Å². The monoisotopic (exact) mass is 256 g/mol. The summed E-state index contributed by atoms with van der Waals surface area (Å²) in [5.74, 6) is -0.423. The van der Waals surface area contributed by atoms with Crippen molar-refractivity contribution in [3.05, 3.63) is 53.6 Å². The Morgan fingerprint density at radius 3 is 2.79 bits per heavy atom. The van der Waals surface area contributed by atoms with Gasteiger partial charge in [-0.15, -0.1) is 0 Å². The lowest BCUT2D eigenvalue weighted by Gasteiger charge is -2.17. The quantitative estimate of drug-likeness (QED) is 0.877. The molecule has 0 radical (unpaired) electrons. The predicted octanol–water partition coefficient (Wildman–Crippen LogP) is 2.06. The first-order chi connectivity index (χ1) is 9.09. The second kappa shape index (κ2) is 5.48. The topological polar surface area (TPSA) is 80.9 Å². The van der Waals surface area contributed by atoms with E-state index in [1.165, 1.54) is 0 Å². The number of nitrogens with zero attached hydrogens (tertiary/aromatic N) is 2. The number of primary amides is 1. The zero-order valence-corrected chi connectivity index (χ0v) is 10.9. The molecule has 0 saturated heterocycles. The molecule has 19 heavy (non-hydrogen) atoms. The molecule has 0 fully saturated rings. The molecule has 0 saturated carbocycles. The van der Waals surface area contributed by atoms with Gasteiger partial charge in [-0.3, -0.25) is 14.8 Å². The normalized spacial score (nSPS) is 11.9. The molecular formula is C14H16N4O. The fraction of sp³-hybridized carbons (Fsp3) is 0.214. The van der Waals surface area contributed by atoms with E-state index in [0.717, 1.165) is 16.9 Å². The first-order valence-corrected chi connectivity index (χ1v) is 6.01. The summed E-state index contributed by atoms with van der Waals surface area (Å²) >= 11 is 0. The molecule has 1 atom stereocenters. The van der Waals surface area contributed by atoms with Gasteiger partial charge in [-0.25, -0.2) is 0 Å². The molecule has 3 N–H and O–H groups in total. The Labute approximate surface area is 111 Å². The first kappa shape index (κ1) is 13.0. The van der Waals surface area contributed by atoms with Crippen LogP contribution < -0.4 is 11.1 Å². The summed E-state index contributed by atoms with van der Waals surface area (Å²) in [7, 11) is 0. The second-order valence-corrected chi connectivity index (χ2v) is 4.34. The molecule has 0 aliphatic heterocycles. The van der Waals surface area contributed by atoms with Gasteiger partial charge in [0.15, 0.2) is 0 Å². The van der Waals surface area contributed by atoms with Gasteiger partial charge in [0.25, 0.3) is 0 Å². The second-order valence-electron chi connectivity index (χ2n) is 4.34. The van der Waals surface area contributed by atoms with Gasteiger partial charge in [0.1, 0.15) is 0 Å². The molecule has 1 heterocycles. The Kier molecular flexibility index (Phi) is 3.75. The number of carbonyl (C=O) groups excluding carboxylic acids is 1. The number of carbonyl (C=O) groups is 1. The van der Waals surface area contributed by atoms with E-state index in [4.69, 9.17) is 5.73 Å². The maximum absolute atomic E-state index is 11.3. The van der Waals surface area contributed by atoms with Gasteiger partial charge >= 0.3 is 0 Å². The summed E-state index contributed by atoms with van der Waals surface area (Å²) in [5.41, 5.74) is 8.41. The Morgan fingerprint density at radius 1 is 1.37 bits per heavy atom. The van der Waals surface area contributed by atoms with Crippen molar-refractivity contribution < 1.29 is 4.79 Å². The summed E-state index contributed by atoms with van der Waals surface area (Å²) in [6, 6.07) is 5.43. The highest BCUT2D eigenvalue weighted by Gasteiger charge is 2.12. The summed E-state index contributed by atoms with van der Waals surface area (Å²) < 4.78 is 0. The molecule has 0 spiro atoms. The number of anilines is 1. The maximum atomic E-state index is 11.3. The number of hydrogen-bond acceptors (Lipinski definition) is 4. The Hall–Kier alpha value is -2.43. The van der Waals surface area contributed by atoms with E-state index in [9.17, 15) is 4.79 Å². The van der Waals surface area contributed by atoms with Gasteiger partial charge in [0.05, 0.1) is 17.9 Å². The number of nitrogens with one attached hydrogen (secondary N) is 1. The Balaban J connectivity index is 2.25. The number of rotatable bonds is 4. The highest BCUT2D eigenvalue weighted by Crippen LogP contribution is 2.23. The summed E-state index contributed by atoms with van der Waals surface area (Å²) in [4.78, 5) is 19.6. The molecule has 0 aliphatic carbocycles. The van der Waals surface area contributed by atoms with Crippen LogP contribution in [0, 0.1) is 6.92 Å². The molecule has 1 aromatic carbocycles. The maximum Gasteiger partial charge on any atom is 0.249 e. The van der Waals surface area contributed by atoms with Crippen LogP contribution in [0.15, 0.2) is 36.8 Å². The van der Waals surface area contributed by atoms with Crippen LogP contribution in [0.5, 0.6) is 0 Å². The molecule has 1 unspecified atom stereocenters. The van der Waals surface area contributed by atoms with Crippen LogP contribution in [-0.2, 0) is 0 Å². The average Bonchev–Trinajstić information content (AvgIpc) is 2.41. The summed E-state index contributed by atoms with van der Waals surface area (Å²) in [5, 5.41) is 3.31. The number of amides is 1. The highest BCUT2D eigenvalue weighted by molar-refractivity contribution is 5.95. The largest absolute Gasteiger partial charge is 0.377 e. The molecule has 5 nitrogen and oxygen atoms in total. The zero-order valence-electron chi connectivity index (χ0n) is 10.9. The van der Waals surface area contributed by atoms with Crippen molar-refractivity contribution in [2.24, 2.45) is 5.73 Å². The van der Waals surface area contributed by atoms with Crippen LogP contribution in [0.25, 0.3) is 0 Å². The number of hydrogen-bond donors (Lipinski definition) is 2. The van der Waals surface area contributed by atoms with Crippen molar-refractivity contribution in [3.63, 3.8) is 0 Å². The van der Waals surface area contributed by atoms with E-state index < -0.39 is 5.91 Å². The van der Waals surface area contributed by atoms with Crippen molar-refractivity contribution in [2.75, 3.05) is 5.32 Å². The van der Waals surface area contributed by atoms with Gasteiger partial charge < -0.3 is 11.1 Å². The van der Waals surface area contributed by atoms with Gasteiger partial charge in [-0.05, 0) is 31.5 Å². The third-order valence-electron chi connectivity index (χ3n) is 3.00. The fourth-order valence-electron chi connectivity index (χ4n) is 1.90. The van der Waals surface area contributed by atoms with Crippen molar-refractivity contribution >= 4 is 11.6 Å². The van der Waals surface area contributed by atoms with Crippen LogP contribution >= 0.6 is 0 Å². The standard InChI is InChI=1S/C14H16N4O/c1-9-11(14(15)19)4-3-5-12(9)18-10(2)13-8-16-6-7-17-13/h3-8,10,18H,1-2H3,(H2,15,19). The number of aromatic nitrogens is 2. The Morgan fingerprint density at radius 2 is 2.16 bits per heavy atom. The molecule has 1 amide bonds. The lowest BCUT2D eigenvalue weighted by Crippen LogP contribution is -2.15. The van der Waals surface area contributed by atoms with Gasteiger partial charge in [-0.1, -0.05) is 6.07 Å². The lowest BCUT2D eigenvalue weighted by atomic mass is 10.1. The van der Waals surface area contributed by atoms with Gasteiger partial charge in [0, 0.05) is 23.6 Å². The molecule has 2 aromatic rings. The van der Waals surface area contributed by atoms with Gasteiger partial charge in [-0.2, -0.15) is 0 Å². The highest BCUT2D eigenvalue weighted by atomic mass is 16.1. The van der Waals surface area contributed by atoms with E-state index in [1.807, 2.05) is 19.9 Å². The van der Waals surface area contributed by atoms with Crippen LogP contribution in [0.2, 0.25) is 0 Å². The van der Waals surface area contributed by atoms with Crippen molar-refractivity contribution in [2.45, 2.75) is 19.9 Å². The minimum absolute atomic E-state index is 0.00414. The van der Waals surface area contributed by atoms with E-state index in [2.05, 4.69) is 15.3 Å². The van der Waals surface area contributed by atoms with Crippen molar-refractivity contribution in [1.82, 2.24) is 9.97 Å². The van der Waals surface area contributed by atoms with Crippen LogP contribution in [0.1, 0.15) is 34.6 Å². The lowest BCUT2D eigenvalue weighted by molar-refractivity contribution is 0.1000. The predicted molar refractivity (Wildman–Crippen MR) is 73.8 cm³/mol. The summed E-state index contributed by atoms with van der Waals surface area (Å²) in [6.07, 6.45) is 5.00. The van der Waals surface area contributed by atoms with Crippen LogP contribution in [0.4, 0.5) is 5.69 Å². The molecule has 5 heteroatoms. The third kappa shape index (κ3) is 2.88. The Bertz CT molecular complexity index is 583. The van der Waals surface area contributed by atoms with E-state index in [-0.39, 0.29) is 6.04 Å². The zero-order chi connectivity index (χ0) is 13.8. The number of benzene rings is 1. The average molecular weight is 256 g/mol. The molecule has 0 bridgehead atoms. The smallest absolute Gasteiger partial charge is 0.249 e. The number of nitrogens with two attached hydrogens (primary N) is 1. The SMILES string of the molecule is Cc1c(NC(C)c2cnccn2)cccc1C(N)=O. The minimum atomic E-state index is -0.423. The first-order valence-electron chi connectivity index (χ1n) is 6.01. The summed E-state index contributed by atoms with van der Waals surface area (Å²) in [6.45, 7) is 3.85. The van der Waals surface area contributed by atoms with E-state index >= 15 is 0 Å². The van der Waals surface area contributed by atoms with Crippen molar-refractivity contribution in [1.29, 1.82) is 0 Å². The van der Waals surface area contributed by atoms with Crippen LogP contribution in [-0.4, -0.2) is 15.9 Å². The van der Waals surface area contributed by atoms with Gasteiger partial charge in [0.2, 0.25) is 5.91 Å². The fourth-order valence-corrected chi connectivity index (χ4v) is 1.90. The molecular weight excluding hydrogens is 240 g/mol. The molecule has 98 valence electrons. The minimum Gasteiger partial charge on any atom is -0.377 e.